The lowest BCUT2D eigenvalue weighted by Crippen LogP contribution is -1.84. The summed E-state index contributed by atoms with van der Waals surface area (Å²) in [7, 11) is 0. The largest absolute Gasteiger partial charge is 0.478 e. The van der Waals surface area contributed by atoms with E-state index in [4.69, 9.17) is 10.4 Å². The van der Waals surface area contributed by atoms with E-state index in [2.05, 4.69) is 6.58 Å². The summed E-state index contributed by atoms with van der Waals surface area (Å²) in [5.41, 5.74) is 0.636. The first-order valence-corrected chi connectivity index (χ1v) is 3.49. The lowest BCUT2D eigenvalue weighted by Gasteiger charge is -1.83. The number of nitrogens with zero attached hydrogens (tertiary/aromatic N) is 1. The second-order valence-electron chi connectivity index (χ2n) is 2.09. The Balaban J connectivity index is 4.00. The predicted octanol–water partition coefficient (Wildman–Crippen LogP) is 1.82. The van der Waals surface area contributed by atoms with E-state index >= 15 is 0 Å². The number of allylic oxidation sites excluding steroid dienone is 6. The molecule has 0 aliphatic carbocycles. The number of hydrogen-bond donors (Lipinski definition) is 1. The highest BCUT2D eigenvalue weighted by molar-refractivity contribution is 5.80. The quantitative estimate of drug-likeness (QED) is 0.402. The summed E-state index contributed by atoms with van der Waals surface area (Å²) in [6.45, 7) is 3.60. The lowest BCUT2D eigenvalue weighted by atomic mass is 10.2. The summed E-state index contributed by atoms with van der Waals surface area (Å²) < 4.78 is 0. The van der Waals surface area contributed by atoms with Gasteiger partial charge in [0.25, 0.3) is 0 Å². The number of carboxylic acids is 1. The molecule has 0 saturated carbocycles. The molecule has 0 aromatic heterocycles. The van der Waals surface area contributed by atoms with Crippen molar-refractivity contribution in [1.82, 2.24) is 0 Å². The molecule has 0 aliphatic rings. The molecule has 3 heteroatoms. The van der Waals surface area contributed by atoms with Crippen LogP contribution >= 0.6 is 0 Å². The summed E-state index contributed by atoms with van der Waals surface area (Å²) in [5.74, 6) is -0.997. The average Bonchev–Trinajstić information content (AvgIpc) is 2.08. The molecule has 0 atom stereocenters. The Labute approximate surface area is 76.6 Å². The zero-order valence-corrected chi connectivity index (χ0v) is 6.97. The van der Waals surface area contributed by atoms with Crippen LogP contribution in [-0.4, -0.2) is 11.1 Å². The smallest absolute Gasteiger partial charge is 0.328 e. The lowest BCUT2D eigenvalue weighted by molar-refractivity contribution is -0.131. The van der Waals surface area contributed by atoms with Crippen molar-refractivity contribution in [3.63, 3.8) is 0 Å². The molecule has 0 rings (SSSR count). The van der Waals surface area contributed by atoms with Crippen LogP contribution in [-0.2, 0) is 4.79 Å². The van der Waals surface area contributed by atoms with Gasteiger partial charge in [-0.05, 0) is 11.6 Å². The van der Waals surface area contributed by atoms with E-state index in [1.165, 1.54) is 24.3 Å². The molecule has 0 aliphatic heterocycles. The fourth-order valence-electron chi connectivity index (χ4n) is 0.517. The van der Waals surface area contributed by atoms with Gasteiger partial charge >= 0.3 is 5.97 Å². The zero-order chi connectivity index (χ0) is 10.1. The predicted molar refractivity (Wildman–Crippen MR) is 49.8 cm³/mol. The average molecular weight is 175 g/mol. The highest BCUT2D eigenvalue weighted by Gasteiger charge is 1.81. The molecule has 0 unspecified atom stereocenters. The molecule has 1 N–H and O–H groups in total. The Morgan fingerprint density at radius 1 is 1.31 bits per heavy atom. The van der Waals surface area contributed by atoms with Crippen molar-refractivity contribution in [2.45, 2.75) is 0 Å². The van der Waals surface area contributed by atoms with Gasteiger partial charge in [-0.3, -0.25) is 0 Å². The maximum atomic E-state index is 10.0. The molecule has 0 amide bonds. The summed E-state index contributed by atoms with van der Waals surface area (Å²) >= 11 is 0. The Kier molecular flexibility index (Phi) is 5.56. The summed E-state index contributed by atoms with van der Waals surface area (Å²) in [5, 5.41) is 16.4. The fourth-order valence-corrected chi connectivity index (χ4v) is 0.517. The van der Waals surface area contributed by atoms with E-state index in [1.807, 2.05) is 6.07 Å². The molecule has 66 valence electrons. The number of hydrogen-bond acceptors (Lipinski definition) is 2. The first-order chi connectivity index (χ1) is 6.16. The molecule has 3 nitrogen and oxygen atoms in total. The van der Waals surface area contributed by atoms with Gasteiger partial charge in [0.15, 0.2) is 0 Å². The van der Waals surface area contributed by atoms with Crippen LogP contribution in [0.3, 0.4) is 0 Å². The summed E-state index contributed by atoms with van der Waals surface area (Å²) in [6.07, 6.45) is 8.37. The van der Waals surface area contributed by atoms with E-state index in [0.717, 1.165) is 6.08 Å². The van der Waals surface area contributed by atoms with E-state index in [9.17, 15) is 4.79 Å². The Morgan fingerprint density at radius 3 is 2.46 bits per heavy atom. The first kappa shape index (κ1) is 10.9. The van der Waals surface area contributed by atoms with Gasteiger partial charge in [-0.2, -0.15) is 5.26 Å². The molecule has 0 fully saturated rings. The molecule has 0 heterocycles. The Bertz CT molecular complexity index is 316. The summed E-state index contributed by atoms with van der Waals surface area (Å²) in [6, 6.07) is 1.82. The van der Waals surface area contributed by atoms with Gasteiger partial charge in [-0.15, -0.1) is 0 Å². The molecule has 0 aromatic rings. The minimum absolute atomic E-state index is 0.636. The Hall–Kier alpha value is -2.08. The van der Waals surface area contributed by atoms with Crippen LogP contribution in [0, 0.1) is 11.3 Å². The number of carbonyl (C=O) groups is 1. The van der Waals surface area contributed by atoms with E-state index in [0.29, 0.717) is 5.57 Å². The van der Waals surface area contributed by atoms with Crippen LogP contribution in [0.5, 0.6) is 0 Å². The van der Waals surface area contributed by atoms with Gasteiger partial charge < -0.3 is 5.11 Å². The number of nitriles is 1. The number of rotatable bonds is 4. The van der Waals surface area contributed by atoms with E-state index in [-0.39, 0.29) is 0 Å². The van der Waals surface area contributed by atoms with Crippen LogP contribution in [0.15, 0.2) is 48.6 Å². The third kappa shape index (κ3) is 7.82. The van der Waals surface area contributed by atoms with Gasteiger partial charge in [-0.1, -0.05) is 24.8 Å². The molecule has 0 radical (unpaired) electrons. The molecule has 13 heavy (non-hydrogen) atoms. The second kappa shape index (κ2) is 6.62. The molecule has 0 saturated heterocycles. The maximum Gasteiger partial charge on any atom is 0.328 e. The molecule has 0 spiro atoms. The van der Waals surface area contributed by atoms with Crippen molar-refractivity contribution in [2.75, 3.05) is 0 Å². The zero-order valence-electron chi connectivity index (χ0n) is 6.97. The van der Waals surface area contributed by atoms with Crippen LogP contribution in [0.4, 0.5) is 0 Å². The van der Waals surface area contributed by atoms with Crippen molar-refractivity contribution in [3.05, 3.63) is 48.6 Å². The third-order valence-corrected chi connectivity index (χ3v) is 1.03. The standard InChI is InChI=1S/C10H9NO2/c1-9(6-4-8-11)5-2-3-7-10(12)13/h2-7H,1H2,(H,12,13). The molecular formula is C10H9NO2. The SMILES string of the molecule is C=C(C=CC#N)C=CC=CC(=O)O. The van der Waals surface area contributed by atoms with Crippen LogP contribution < -0.4 is 0 Å². The van der Waals surface area contributed by atoms with E-state index in [1.54, 1.807) is 6.08 Å². The molecule has 0 bridgehead atoms. The van der Waals surface area contributed by atoms with E-state index < -0.39 is 5.97 Å². The van der Waals surface area contributed by atoms with Crippen LogP contribution in [0.25, 0.3) is 0 Å². The Morgan fingerprint density at radius 2 is 1.92 bits per heavy atom. The maximum absolute atomic E-state index is 10.0. The van der Waals surface area contributed by atoms with Crippen LogP contribution in [0.2, 0.25) is 0 Å². The normalized spacial score (nSPS) is 11.0. The van der Waals surface area contributed by atoms with Gasteiger partial charge in [0.2, 0.25) is 0 Å². The van der Waals surface area contributed by atoms with Crippen molar-refractivity contribution in [2.24, 2.45) is 0 Å². The first-order valence-electron chi connectivity index (χ1n) is 3.49. The van der Waals surface area contributed by atoms with Crippen molar-refractivity contribution in [1.29, 1.82) is 5.26 Å². The van der Waals surface area contributed by atoms with Gasteiger partial charge in [-0.25, -0.2) is 4.79 Å². The molecular weight excluding hydrogens is 166 g/mol. The van der Waals surface area contributed by atoms with Crippen molar-refractivity contribution >= 4 is 5.97 Å². The topological polar surface area (TPSA) is 61.1 Å². The second-order valence-corrected chi connectivity index (χ2v) is 2.09. The third-order valence-electron chi connectivity index (χ3n) is 1.03. The summed E-state index contributed by atoms with van der Waals surface area (Å²) in [4.78, 5) is 10.0. The van der Waals surface area contributed by atoms with Crippen molar-refractivity contribution in [3.8, 4) is 6.07 Å². The van der Waals surface area contributed by atoms with Crippen LogP contribution in [0.1, 0.15) is 0 Å². The number of aliphatic carboxylic acids is 1. The van der Waals surface area contributed by atoms with Crippen molar-refractivity contribution < 1.29 is 9.90 Å². The highest BCUT2D eigenvalue weighted by Crippen LogP contribution is 1.94. The van der Waals surface area contributed by atoms with Gasteiger partial charge in [0, 0.05) is 12.2 Å². The molecule has 0 aromatic carbocycles. The highest BCUT2D eigenvalue weighted by atomic mass is 16.4. The number of carboxylic acid groups (broad SMARTS) is 1. The minimum Gasteiger partial charge on any atom is -0.478 e. The van der Waals surface area contributed by atoms with Gasteiger partial charge in [0.05, 0.1) is 6.07 Å². The monoisotopic (exact) mass is 175 g/mol. The fraction of sp³-hybridized carbons (Fsp3) is 0. The minimum atomic E-state index is -0.997. The van der Waals surface area contributed by atoms with Gasteiger partial charge in [0.1, 0.15) is 0 Å².